The largest absolute Gasteiger partial charge is 0.508 e. The lowest BCUT2D eigenvalue weighted by Crippen LogP contribution is -2.58. The van der Waals surface area contributed by atoms with Crippen LogP contribution in [0.25, 0.3) is 31.0 Å². The number of carbonyl (C=O) groups is 4. The Morgan fingerprint density at radius 3 is 2.27 bits per heavy atom. The van der Waals surface area contributed by atoms with E-state index >= 15 is 0 Å². The number of thiazole rings is 1. The average Bonchev–Trinajstić information content (AvgIpc) is 4.06. The van der Waals surface area contributed by atoms with Gasteiger partial charge in [-0.15, -0.1) is 22.7 Å². The second kappa shape index (κ2) is 21.0. The predicted octanol–water partition coefficient (Wildman–Crippen LogP) is 8.72. The van der Waals surface area contributed by atoms with Crippen LogP contribution in [0.5, 0.6) is 28.7 Å². The van der Waals surface area contributed by atoms with Gasteiger partial charge in [0.1, 0.15) is 35.1 Å². The van der Waals surface area contributed by atoms with Gasteiger partial charge in [-0.3, -0.25) is 19.2 Å². The Labute approximate surface area is 412 Å². The van der Waals surface area contributed by atoms with E-state index in [0.29, 0.717) is 28.4 Å². The number of aromatic hydroxyl groups is 2. The third-order valence-electron chi connectivity index (χ3n) is 11.8. The number of ether oxygens (including phenoxy) is 2. The molecule has 7 aromatic rings. The number of nitrogens with zero attached hydrogens (tertiary/aromatic N) is 3. The quantitative estimate of drug-likeness (QED) is 0.0425. The summed E-state index contributed by atoms with van der Waals surface area (Å²) in [4.78, 5) is 61.8. The molecule has 3 heterocycles. The Kier molecular flexibility index (Phi) is 14.6. The van der Waals surface area contributed by atoms with Crippen LogP contribution in [0.3, 0.4) is 0 Å². The molecule has 5 aromatic carbocycles. The molecule has 15 nitrogen and oxygen atoms in total. The number of carbonyl (C=O) groups excluding carboxylic acids is 4. The van der Waals surface area contributed by atoms with Gasteiger partial charge in [-0.2, -0.15) is 5.10 Å². The number of thiophene rings is 1. The summed E-state index contributed by atoms with van der Waals surface area (Å²) in [6.07, 6.45) is 0.604. The standard InChI is InChI=1S/C53H52N6O9S2/c1-30(33-11-13-34(14-12-33)47-31(2)54-29-69-47)56-51(65)43-24-39(62)27-59(43)52(66)49(53(3,4)5)57-45(63)28-67-40-20-9-32(10-21-40)26-55-58-50(64)36-7-6-8-41(23-36)68-46-42-22-19-38(61)25-44(42)70-48(46)35-15-17-37(60)18-16-35/h6-23,25-26,29-30,39,43,49,60-62H,24,27-28H2,1-5H3,(H,56,65)(H,57,63)(H,58,64)/b55-26+/t30-,39+,43-,49+/m0/s1. The molecular formula is C53H52N6O9S2. The number of aromatic nitrogens is 1. The molecule has 0 radical (unpaired) electrons. The second-order valence-corrected chi connectivity index (χ2v) is 20.0. The van der Waals surface area contributed by atoms with Crippen molar-refractivity contribution in [1.29, 1.82) is 0 Å². The minimum absolute atomic E-state index is 0.0548. The number of phenolic OH excluding ortho intramolecular Hbond substituents is 2. The summed E-state index contributed by atoms with van der Waals surface area (Å²) in [6.45, 7) is 8.79. The number of amides is 4. The fourth-order valence-electron chi connectivity index (χ4n) is 8.03. The third kappa shape index (κ3) is 11.5. The summed E-state index contributed by atoms with van der Waals surface area (Å²) >= 11 is 2.99. The van der Waals surface area contributed by atoms with Gasteiger partial charge >= 0.3 is 0 Å². The molecule has 4 atom stereocenters. The number of fused-ring (bicyclic) bond motifs is 1. The fourth-order valence-corrected chi connectivity index (χ4v) is 10.0. The van der Waals surface area contributed by atoms with Crippen LogP contribution in [-0.4, -0.2) is 86.4 Å². The Bertz CT molecular complexity index is 3050. The van der Waals surface area contributed by atoms with Gasteiger partial charge < -0.3 is 40.3 Å². The highest BCUT2D eigenvalue weighted by Gasteiger charge is 2.44. The van der Waals surface area contributed by atoms with E-state index in [-0.39, 0.29) is 30.5 Å². The molecule has 0 aliphatic carbocycles. The molecule has 4 amide bonds. The zero-order valence-corrected chi connectivity index (χ0v) is 40.6. The minimum Gasteiger partial charge on any atom is -0.508 e. The summed E-state index contributed by atoms with van der Waals surface area (Å²) in [7, 11) is 0. The van der Waals surface area contributed by atoms with Crippen molar-refractivity contribution < 1.29 is 44.0 Å². The Morgan fingerprint density at radius 2 is 1.57 bits per heavy atom. The molecule has 1 fully saturated rings. The number of aryl methyl sites for hydroxylation is 1. The van der Waals surface area contributed by atoms with Crippen LogP contribution in [0.4, 0.5) is 0 Å². The lowest BCUT2D eigenvalue weighted by molar-refractivity contribution is -0.144. The number of nitrogens with one attached hydrogen (secondary N) is 3. The lowest BCUT2D eigenvalue weighted by atomic mass is 9.85. The van der Waals surface area contributed by atoms with Gasteiger partial charge in [-0.05, 0) is 126 Å². The molecule has 8 rings (SSSR count). The molecule has 0 bridgehead atoms. The summed E-state index contributed by atoms with van der Waals surface area (Å²) in [5, 5.41) is 41.3. The maximum absolute atomic E-state index is 14.1. The number of hydrogen-bond donors (Lipinski definition) is 6. The molecule has 6 N–H and O–H groups in total. The van der Waals surface area contributed by atoms with Crippen molar-refractivity contribution in [2.45, 2.75) is 65.3 Å². The second-order valence-electron chi connectivity index (χ2n) is 18.1. The first-order valence-electron chi connectivity index (χ1n) is 22.5. The topological polar surface area (TPSA) is 212 Å². The Hall–Kier alpha value is -7.60. The van der Waals surface area contributed by atoms with Crippen LogP contribution < -0.4 is 25.5 Å². The summed E-state index contributed by atoms with van der Waals surface area (Å²) < 4.78 is 12.9. The van der Waals surface area contributed by atoms with Gasteiger partial charge in [0.05, 0.1) is 39.3 Å². The monoisotopic (exact) mass is 980 g/mol. The number of hydrogen-bond acceptors (Lipinski definition) is 13. The van der Waals surface area contributed by atoms with Crippen LogP contribution in [-0.2, 0) is 14.4 Å². The number of phenols is 2. The van der Waals surface area contributed by atoms with Gasteiger partial charge in [-0.25, -0.2) is 10.4 Å². The molecular weight excluding hydrogens is 929 g/mol. The van der Waals surface area contributed by atoms with Crippen LogP contribution >= 0.6 is 22.7 Å². The maximum Gasteiger partial charge on any atom is 0.271 e. The van der Waals surface area contributed by atoms with Gasteiger partial charge in [0.25, 0.3) is 11.8 Å². The first-order valence-corrected chi connectivity index (χ1v) is 24.2. The summed E-state index contributed by atoms with van der Waals surface area (Å²) in [5.74, 6) is -0.346. The molecule has 2 aromatic heterocycles. The molecule has 360 valence electrons. The number of rotatable bonds is 15. The number of benzene rings is 5. The molecule has 0 unspecified atom stereocenters. The van der Waals surface area contributed by atoms with Crippen LogP contribution in [0.15, 0.2) is 126 Å². The van der Waals surface area contributed by atoms with Gasteiger partial charge in [0.2, 0.25) is 11.8 Å². The Morgan fingerprint density at radius 1 is 0.871 bits per heavy atom. The highest BCUT2D eigenvalue weighted by atomic mass is 32.1. The van der Waals surface area contributed by atoms with Crippen molar-refractivity contribution >= 4 is 62.6 Å². The van der Waals surface area contributed by atoms with E-state index in [2.05, 4.69) is 26.1 Å². The van der Waals surface area contributed by atoms with E-state index in [1.54, 1.807) is 108 Å². The van der Waals surface area contributed by atoms with Crippen LogP contribution in [0, 0.1) is 12.3 Å². The first-order chi connectivity index (χ1) is 33.5. The maximum atomic E-state index is 14.1. The smallest absolute Gasteiger partial charge is 0.271 e. The molecule has 0 spiro atoms. The molecule has 17 heteroatoms. The molecule has 1 saturated heterocycles. The van der Waals surface area contributed by atoms with E-state index < -0.39 is 53.8 Å². The van der Waals surface area contributed by atoms with Gasteiger partial charge in [-0.1, -0.05) is 51.1 Å². The van der Waals surface area contributed by atoms with Gasteiger partial charge in [0, 0.05) is 28.6 Å². The predicted molar refractivity (Wildman–Crippen MR) is 270 cm³/mol. The number of hydrazone groups is 1. The molecule has 70 heavy (non-hydrogen) atoms. The molecule has 1 aliphatic heterocycles. The van der Waals surface area contributed by atoms with Gasteiger partial charge in [0.15, 0.2) is 12.4 Å². The van der Waals surface area contributed by atoms with E-state index in [1.807, 2.05) is 58.9 Å². The summed E-state index contributed by atoms with van der Waals surface area (Å²) in [5.41, 5.74) is 8.18. The average molecular weight is 981 g/mol. The number of aliphatic hydroxyl groups is 1. The van der Waals surface area contributed by atoms with Crippen molar-refractivity contribution in [3.8, 4) is 49.6 Å². The number of likely N-dealkylation sites (tertiary alicyclic amines) is 1. The highest BCUT2D eigenvalue weighted by molar-refractivity contribution is 7.22. The number of aliphatic hydroxyl groups excluding tert-OH is 1. The van der Waals surface area contributed by atoms with E-state index in [4.69, 9.17) is 9.47 Å². The fraction of sp³-hybridized carbons (Fsp3) is 0.245. The molecule has 0 saturated carbocycles. The zero-order chi connectivity index (χ0) is 49.7. The zero-order valence-electron chi connectivity index (χ0n) is 39.0. The SMILES string of the molecule is Cc1ncsc1-c1ccc([C@H](C)NC(=O)[C@@H]2C[C@@H](O)CN2C(=O)[C@@H](NC(=O)COc2ccc(/C=N/NC(=O)c3cccc(Oc4c(-c5ccc(O)cc5)sc5cc(O)ccc45)c3)cc2)C(C)(C)C)cc1. The minimum atomic E-state index is -1.03. The van der Waals surface area contributed by atoms with Crippen molar-refractivity contribution in [3.05, 3.63) is 143 Å². The highest BCUT2D eigenvalue weighted by Crippen LogP contribution is 2.47. The van der Waals surface area contributed by atoms with E-state index in [1.165, 1.54) is 22.5 Å². The third-order valence-corrected chi connectivity index (χ3v) is 13.9. The Balaban J connectivity index is 0.835. The van der Waals surface area contributed by atoms with Crippen molar-refractivity contribution in [3.63, 3.8) is 0 Å². The van der Waals surface area contributed by atoms with E-state index in [9.17, 15) is 34.5 Å². The van der Waals surface area contributed by atoms with Crippen LogP contribution in [0.1, 0.15) is 67.3 Å². The van der Waals surface area contributed by atoms with Crippen molar-refractivity contribution in [1.82, 2.24) is 25.9 Å². The van der Waals surface area contributed by atoms with Crippen LogP contribution in [0.2, 0.25) is 0 Å². The molecule has 1 aliphatic rings. The number of β-amino-alcohol motifs (C(OH)–C–C–N with tert-alkyl or cyclic N) is 1. The lowest BCUT2D eigenvalue weighted by Gasteiger charge is -2.35. The van der Waals surface area contributed by atoms with E-state index in [0.717, 1.165) is 42.2 Å². The first kappa shape index (κ1) is 48.8. The van der Waals surface area contributed by atoms with Crippen molar-refractivity contribution in [2.75, 3.05) is 13.2 Å². The normalized spacial score (nSPS) is 15.7. The summed E-state index contributed by atoms with van der Waals surface area (Å²) in [6, 6.07) is 30.6. The van der Waals surface area contributed by atoms with Crippen molar-refractivity contribution in [2.24, 2.45) is 10.5 Å².